The van der Waals surface area contributed by atoms with E-state index in [0.717, 1.165) is 51.1 Å². The minimum Gasteiger partial charge on any atom is -0.356 e. The minimum atomic E-state index is 0.272. The van der Waals surface area contributed by atoms with Gasteiger partial charge in [-0.15, -0.1) is 0 Å². The van der Waals surface area contributed by atoms with Crippen LogP contribution in [0.25, 0.3) is 0 Å². The third kappa shape index (κ3) is 6.74. The molecule has 1 aromatic carbocycles. The number of hydrogen-bond acceptors (Lipinski definition) is 3. The van der Waals surface area contributed by atoms with E-state index in [9.17, 15) is 4.79 Å². The molecule has 29 heavy (non-hydrogen) atoms. The van der Waals surface area contributed by atoms with Crippen LogP contribution in [0.2, 0.25) is 0 Å². The average Bonchev–Trinajstić information content (AvgIpc) is 3.39. The van der Waals surface area contributed by atoms with Crippen LogP contribution in [0.15, 0.2) is 35.3 Å². The van der Waals surface area contributed by atoms with E-state index in [-0.39, 0.29) is 5.91 Å². The summed E-state index contributed by atoms with van der Waals surface area (Å²) in [7, 11) is 4.03. The summed E-state index contributed by atoms with van der Waals surface area (Å²) in [5.74, 6) is 1.45. The largest absolute Gasteiger partial charge is 0.356 e. The van der Waals surface area contributed by atoms with E-state index in [2.05, 4.69) is 51.8 Å². The van der Waals surface area contributed by atoms with Crippen molar-refractivity contribution in [3.8, 4) is 0 Å². The number of likely N-dealkylation sites (N-methyl/N-ethyl adjacent to an activating group) is 1. The van der Waals surface area contributed by atoms with Crippen LogP contribution in [0.3, 0.4) is 0 Å². The molecule has 1 unspecified atom stereocenters. The molecule has 0 aromatic heterocycles. The first-order valence-electron chi connectivity index (χ1n) is 11.1. The Morgan fingerprint density at radius 1 is 1.21 bits per heavy atom. The lowest BCUT2D eigenvalue weighted by Crippen LogP contribution is -2.44. The molecule has 0 radical (unpaired) electrons. The van der Waals surface area contributed by atoms with Gasteiger partial charge in [0.15, 0.2) is 5.96 Å². The Hall–Kier alpha value is -2.08. The summed E-state index contributed by atoms with van der Waals surface area (Å²) in [5.41, 5.74) is 1.29. The Bertz CT molecular complexity index is 656. The highest BCUT2D eigenvalue weighted by atomic mass is 16.2. The lowest BCUT2D eigenvalue weighted by atomic mass is 10.1. The predicted molar refractivity (Wildman–Crippen MR) is 119 cm³/mol. The van der Waals surface area contributed by atoms with E-state index >= 15 is 0 Å². The number of benzene rings is 1. The number of amides is 1. The molecule has 6 nitrogen and oxygen atoms in total. The van der Waals surface area contributed by atoms with Crippen molar-refractivity contribution in [2.75, 3.05) is 46.8 Å². The van der Waals surface area contributed by atoms with Crippen LogP contribution in [0, 0.1) is 5.92 Å². The van der Waals surface area contributed by atoms with Crippen molar-refractivity contribution in [2.45, 2.75) is 44.6 Å². The highest BCUT2D eigenvalue weighted by molar-refractivity contribution is 5.80. The van der Waals surface area contributed by atoms with E-state index in [1.807, 2.05) is 18.0 Å². The van der Waals surface area contributed by atoms with Gasteiger partial charge in [-0.3, -0.25) is 9.79 Å². The Balaban J connectivity index is 1.33. The van der Waals surface area contributed by atoms with Crippen LogP contribution in [0.4, 0.5) is 0 Å². The van der Waals surface area contributed by atoms with E-state index in [1.165, 1.54) is 31.2 Å². The van der Waals surface area contributed by atoms with Crippen molar-refractivity contribution in [1.29, 1.82) is 0 Å². The molecule has 1 aliphatic carbocycles. The molecule has 0 bridgehead atoms. The first kappa shape index (κ1) is 21.6. The highest BCUT2D eigenvalue weighted by Crippen LogP contribution is 2.21. The SMILES string of the molecule is CN=C(NCCN(C)C1CCCC1)NCC1CC(=O)N(CCc2ccccc2)C1. The first-order chi connectivity index (χ1) is 14.2. The summed E-state index contributed by atoms with van der Waals surface area (Å²) < 4.78 is 0. The Kier molecular flexibility index (Phi) is 8.35. The van der Waals surface area contributed by atoms with Crippen molar-refractivity contribution >= 4 is 11.9 Å². The summed E-state index contributed by atoms with van der Waals surface area (Å²) >= 11 is 0. The van der Waals surface area contributed by atoms with Gasteiger partial charge < -0.3 is 20.4 Å². The molecule has 1 heterocycles. The second-order valence-corrected chi connectivity index (χ2v) is 8.44. The molecule has 1 aromatic rings. The lowest BCUT2D eigenvalue weighted by Gasteiger charge is -2.24. The lowest BCUT2D eigenvalue weighted by molar-refractivity contribution is -0.127. The summed E-state index contributed by atoms with van der Waals surface area (Å²) in [6.07, 6.45) is 6.95. The van der Waals surface area contributed by atoms with Gasteiger partial charge in [-0.2, -0.15) is 0 Å². The third-order valence-corrected chi connectivity index (χ3v) is 6.29. The predicted octanol–water partition coefficient (Wildman–Crippen LogP) is 2.12. The number of carbonyl (C=O) groups is 1. The maximum absolute atomic E-state index is 12.3. The fourth-order valence-corrected chi connectivity index (χ4v) is 4.46. The standard InChI is InChI=1S/C23H37N5O/c1-24-23(25-13-15-27(2)21-10-6-7-11-21)26-17-20-16-22(29)28(18-20)14-12-19-8-4-3-5-9-19/h3-5,8-9,20-21H,6-7,10-18H2,1-2H3,(H2,24,25,26). The number of aliphatic imine (C=N–C) groups is 1. The molecule has 1 amide bonds. The van der Waals surface area contributed by atoms with E-state index in [4.69, 9.17) is 0 Å². The topological polar surface area (TPSA) is 60.0 Å². The van der Waals surface area contributed by atoms with Crippen molar-refractivity contribution < 1.29 is 4.79 Å². The third-order valence-electron chi connectivity index (χ3n) is 6.29. The van der Waals surface area contributed by atoms with Crippen molar-refractivity contribution in [1.82, 2.24) is 20.4 Å². The molecule has 1 atom stereocenters. The summed E-state index contributed by atoms with van der Waals surface area (Å²) in [4.78, 5) is 21.1. The second kappa shape index (κ2) is 11.2. The van der Waals surface area contributed by atoms with Gasteiger partial charge in [0.25, 0.3) is 0 Å². The number of nitrogens with zero attached hydrogens (tertiary/aromatic N) is 3. The molecule has 6 heteroatoms. The first-order valence-corrected chi connectivity index (χ1v) is 11.1. The minimum absolute atomic E-state index is 0.272. The van der Waals surface area contributed by atoms with Gasteiger partial charge in [0.2, 0.25) is 5.91 Å². The number of likely N-dealkylation sites (tertiary alicyclic amines) is 1. The quantitative estimate of drug-likeness (QED) is 0.493. The summed E-state index contributed by atoms with van der Waals surface area (Å²) in [5, 5.41) is 6.83. The fourth-order valence-electron chi connectivity index (χ4n) is 4.46. The second-order valence-electron chi connectivity index (χ2n) is 8.44. The molecule has 0 spiro atoms. The zero-order chi connectivity index (χ0) is 20.5. The zero-order valence-electron chi connectivity index (χ0n) is 18.1. The number of carbonyl (C=O) groups excluding carboxylic acids is 1. The van der Waals surface area contributed by atoms with Crippen LogP contribution in [0.1, 0.15) is 37.7 Å². The van der Waals surface area contributed by atoms with E-state index < -0.39 is 0 Å². The number of rotatable bonds is 9. The van der Waals surface area contributed by atoms with E-state index in [1.54, 1.807) is 0 Å². The molecule has 3 rings (SSSR count). The van der Waals surface area contributed by atoms with Crippen LogP contribution in [-0.4, -0.2) is 74.5 Å². The van der Waals surface area contributed by atoms with Crippen LogP contribution >= 0.6 is 0 Å². The van der Waals surface area contributed by atoms with Crippen LogP contribution < -0.4 is 10.6 Å². The van der Waals surface area contributed by atoms with Crippen LogP contribution in [0.5, 0.6) is 0 Å². The molecule has 1 saturated carbocycles. The van der Waals surface area contributed by atoms with Crippen LogP contribution in [-0.2, 0) is 11.2 Å². The molecular formula is C23H37N5O. The molecule has 2 aliphatic rings. The Morgan fingerprint density at radius 3 is 2.69 bits per heavy atom. The van der Waals surface area contributed by atoms with Gasteiger partial charge in [-0.25, -0.2) is 0 Å². The van der Waals surface area contributed by atoms with Gasteiger partial charge in [0.1, 0.15) is 0 Å². The van der Waals surface area contributed by atoms with Gasteiger partial charge >= 0.3 is 0 Å². The maximum atomic E-state index is 12.3. The molecule has 2 N–H and O–H groups in total. The molecular weight excluding hydrogens is 362 g/mol. The average molecular weight is 400 g/mol. The highest BCUT2D eigenvalue weighted by Gasteiger charge is 2.29. The fraction of sp³-hybridized carbons (Fsp3) is 0.652. The summed E-state index contributed by atoms with van der Waals surface area (Å²) in [6, 6.07) is 11.1. The van der Waals surface area contributed by atoms with E-state index in [0.29, 0.717) is 12.3 Å². The number of hydrogen-bond donors (Lipinski definition) is 2. The monoisotopic (exact) mass is 399 g/mol. The molecule has 1 saturated heterocycles. The molecule has 1 aliphatic heterocycles. The van der Waals surface area contributed by atoms with Gasteiger partial charge in [0, 0.05) is 58.2 Å². The van der Waals surface area contributed by atoms with Crippen molar-refractivity contribution in [3.63, 3.8) is 0 Å². The smallest absolute Gasteiger partial charge is 0.223 e. The zero-order valence-corrected chi connectivity index (χ0v) is 18.1. The van der Waals surface area contributed by atoms with Gasteiger partial charge in [-0.1, -0.05) is 43.2 Å². The number of guanidine groups is 1. The summed E-state index contributed by atoms with van der Waals surface area (Å²) in [6.45, 7) is 4.34. The maximum Gasteiger partial charge on any atom is 0.223 e. The van der Waals surface area contributed by atoms with Gasteiger partial charge in [-0.05, 0) is 31.9 Å². The van der Waals surface area contributed by atoms with Crippen molar-refractivity contribution in [3.05, 3.63) is 35.9 Å². The Morgan fingerprint density at radius 2 is 1.97 bits per heavy atom. The molecule has 2 fully saturated rings. The normalized spacial score (nSPS) is 20.7. The van der Waals surface area contributed by atoms with Gasteiger partial charge in [0.05, 0.1) is 0 Å². The Labute approximate surface area is 175 Å². The number of nitrogens with one attached hydrogen (secondary N) is 2. The molecule has 160 valence electrons. The van der Waals surface area contributed by atoms with Crippen molar-refractivity contribution in [2.24, 2.45) is 10.9 Å².